The second-order valence-corrected chi connectivity index (χ2v) is 20.9. The van der Waals surface area contributed by atoms with Gasteiger partial charge in [0.05, 0.1) is 24.4 Å². The van der Waals surface area contributed by atoms with E-state index in [-0.39, 0.29) is 62.6 Å². The predicted octanol–water partition coefficient (Wildman–Crippen LogP) is 5.07. The smallest absolute Gasteiger partial charge is 0.410 e. The molecular formula is C52H84N2O15. The Morgan fingerprint density at radius 3 is 2.19 bits per heavy atom. The van der Waals surface area contributed by atoms with Crippen molar-refractivity contribution in [3.63, 3.8) is 0 Å². The molecule has 0 aromatic heterocycles. The highest BCUT2D eigenvalue weighted by Crippen LogP contribution is 2.40. The first-order valence-electron chi connectivity index (χ1n) is 25.7. The number of unbranched alkanes of at least 4 members (excludes halogenated alkanes) is 1. The minimum atomic E-state index is -2.55. The summed E-state index contributed by atoms with van der Waals surface area (Å²) in [6.45, 7) is 10.3. The van der Waals surface area contributed by atoms with Gasteiger partial charge in [0.15, 0.2) is 0 Å². The second-order valence-electron chi connectivity index (χ2n) is 20.9. The van der Waals surface area contributed by atoms with Crippen LogP contribution in [-0.4, -0.2) is 168 Å². The van der Waals surface area contributed by atoms with Crippen LogP contribution in [0.25, 0.3) is 0 Å². The van der Waals surface area contributed by atoms with Crippen LogP contribution in [0, 0.1) is 35.5 Å². The fourth-order valence-corrected chi connectivity index (χ4v) is 11.4. The molecule has 5 aliphatic rings. The molecule has 69 heavy (non-hydrogen) atoms. The number of aliphatic hydroxyl groups excluding tert-OH is 3. The quantitative estimate of drug-likeness (QED) is 0.0917. The molecule has 5 rings (SSSR count). The van der Waals surface area contributed by atoms with Crippen LogP contribution in [-0.2, 0) is 47.6 Å². The van der Waals surface area contributed by atoms with Crippen molar-refractivity contribution in [1.29, 1.82) is 0 Å². The number of hydrogen-bond donors (Lipinski definition) is 4. The van der Waals surface area contributed by atoms with E-state index < -0.39 is 96.1 Å². The van der Waals surface area contributed by atoms with E-state index in [1.807, 2.05) is 26.0 Å². The molecule has 2 amide bonds. The zero-order chi connectivity index (χ0) is 50.6. The third-order valence-electron chi connectivity index (χ3n) is 15.7. The fraction of sp³-hybridized carbons (Fsp3) is 0.827. The highest BCUT2D eigenvalue weighted by molar-refractivity contribution is 6.39. The van der Waals surface area contributed by atoms with Crippen LogP contribution in [0.3, 0.4) is 0 Å². The molecule has 0 aromatic rings. The van der Waals surface area contributed by atoms with Crippen LogP contribution >= 0.6 is 0 Å². The van der Waals surface area contributed by atoms with Gasteiger partial charge in [0, 0.05) is 78.4 Å². The van der Waals surface area contributed by atoms with Crippen molar-refractivity contribution in [2.24, 2.45) is 35.5 Å². The van der Waals surface area contributed by atoms with E-state index >= 15 is 0 Å². The van der Waals surface area contributed by atoms with Gasteiger partial charge in [-0.2, -0.15) is 0 Å². The van der Waals surface area contributed by atoms with Crippen molar-refractivity contribution >= 4 is 29.5 Å². The molecule has 4 fully saturated rings. The molecule has 1 saturated carbocycles. The Morgan fingerprint density at radius 2 is 1.54 bits per heavy atom. The lowest BCUT2D eigenvalue weighted by Crippen LogP contribution is -2.64. The fourth-order valence-electron chi connectivity index (χ4n) is 11.4. The van der Waals surface area contributed by atoms with Gasteiger partial charge in [-0.25, -0.2) is 9.59 Å². The Bertz CT molecular complexity index is 1780. The Morgan fingerprint density at radius 1 is 0.855 bits per heavy atom. The largest absolute Gasteiger partial charge is 0.456 e. The topological polar surface area (TPSA) is 228 Å². The monoisotopic (exact) mass is 977 g/mol. The Hall–Kier alpha value is -3.29. The van der Waals surface area contributed by atoms with Crippen LogP contribution in [0.15, 0.2) is 23.3 Å². The lowest BCUT2D eigenvalue weighted by Gasteiger charge is -2.47. The zero-order valence-corrected chi connectivity index (χ0v) is 42.6. The number of allylic oxidation sites excluding steroid dienone is 3. The molecule has 4 aliphatic heterocycles. The summed E-state index contributed by atoms with van der Waals surface area (Å²) in [6.07, 6.45) is 4.94. The molecule has 4 heterocycles. The van der Waals surface area contributed by atoms with Crippen molar-refractivity contribution in [2.75, 3.05) is 54.2 Å². The Balaban J connectivity index is 1.47. The van der Waals surface area contributed by atoms with E-state index in [0.717, 1.165) is 5.57 Å². The molecule has 0 radical (unpaired) electrons. The number of amides is 2. The number of carbonyl (C=O) groups is 5. The first kappa shape index (κ1) is 56.6. The lowest BCUT2D eigenvalue weighted by molar-refractivity contribution is -0.302. The summed E-state index contributed by atoms with van der Waals surface area (Å²) >= 11 is 0. The summed E-state index contributed by atoms with van der Waals surface area (Å²) in [5, 5.41) is 43.3. The molecule has 0 spiro atoms. The van der Waals surface area contributed by atoms with Gasteiger partial charge in [0.2, 0.25) is 5.79 Å². The van der Waals surface area contributed by atoms with Crippen molar-refractivity contribution in [1.82, 2.24) is 9.80 Å². The van der Waals surface area contributed by atoms with Gasteiger partial charge in [-0.05, 0) is 121 Å². The number of methoxy groups -OCH3 is 3. The standard InChI is InChI=1S/C52H84N2O15/c1-31-23-32(2)25-44(65-7)47-45(66-8)27-34(4)52(63,69-47)48(59)49(60)54-19-11-9-14-39(54)50(61)68-46(35(5)40(57)29-41(58)38(24-31)13-10-12-22-55)33(3)26-37-15-16-42(43(28-37)64-6)67-51(62)53-20-17-36(30-56)18-21-53/h24,26,32,34-40,42-47,55-57,63H,9-23,25,27-30H2,1-8H3/b31-24+,33-26+/t32-,34+,35+,37-,38+,39-,40-,42+,43+,44-,45-,46+,47+,52+/m0/s1. The summed E-state index contributed by atoms with van der Waals surface area (Å²) in [6, 6.07) is -1.19. The Labute approximate surface area is 409 Å². The summed E-state index contributed by atoms with van der Waals surface area (Å²) in [4.78, 5) is 73.7. The first-order valence-corrected chi connectivity index (χ1v) is 25.7. The molecule has 392 valence electrons. The molecular weight excluding hydrogens is 893 g/mol. The van der Waals surface area contributed by atoms with Gasteiger partial charge in [-0.15, -0.1) is 0 Å². The summed E-state index contributed by atoms with van der Waals surface area (Å²) < 4.78 is 36.3. The van der Waals surface area contributed by atoms with Crippen LogP contribution < -0.4 is 0 Å². The number of ketones is 2. The molecule has 0 unspecified atom stereocenters. The number of fused-ring (bicyclic) bond motifs is 3. The summed E-state index contributed by atoms with van der Waals surface area (Å²) in [5.41, 5.74) is 1.55. The zero-order valence-electron chi connectivity index (χ0n) is 42.6. The number of likely N-dealkylation sites (tertiary alicyclic amines) is 1. The first-order chi connectivity index (χ1) is 32.9. The maximum Gasteiger partial charge on any atom is 0.410 e. The number of Topliss-reactive ketones (excluding diaryl/α,β-unsaturated/α-hetero) is 2. The van der Waals surface area contributed by atoms with Crippen LogP contribution in [0.2, 0.25) is 0 Å². The van der Waals surface area contributed by atoms with E-state index in [0.29, 0.717) is 95.7 Å². The van der Waals surface area contributed by atoms with Gasteiger partial charge in [-0.1, -0.05) is 44.9 Å². The molecule has 2 bridgehead atoms. The van der Waals surface area contributed by atoms with Crippen molar-refractivity contribution in [3.05, 3.63) is 23.3 Å². The number of nitrogens with zero attached hydrogens (tertiary/aromatic N) is 2. The number of rotatable bonds is 11. The number of hydrogen-bond acceptors (Lipinski definition) is 15. The van der Waals surface area contributed by atoms with Crippen molar-refractivity contribution in [3.8, 4) is 0 Å². The predicted molar refractivity (Wildman–Crippen MR) is 254 cm³/mol. The number of aliphatic hydroxyl groups is 4. The Kier molecular flexibility index (Phi) is 21.7. The third kappa shape index (κ3) is 14.4. The molecule has 17 heteroatoms. The van der Waals surface area contributed by atoms with Crippen LogP contribution in [0.4, 0.5) is 4.79 Å². The van der Waals surface area contributed by atoms with Gasteiger partial charge in [-0.3, -0.25) is 14.4 Å². The van der Waals surface area contributed by atoms with Gasteiger partial charge in [0.25, 0.3) is 11.7 Å². The number of carbonyl (C=O) groups excluding carboxylic acids is 5. The molecule has 3 saturated heterocycles. The number of cyclic esters (lactones) is 1. The summed E-state index contributed by atoms with van der Waals surface area (Å²) in [5.74, 6) is -7.95. The molecule has 4 N–H and O–H groups in total. The van der Waals surface area contributed by atoms with Gasteiger partial charge in [0.1, 0.15) is 30.1 Å². The van der Waals surface area contributed by atoms with Crippen molar-refractivity contribution < 1.29 is 72.8 Å². The van der Waals surface area contributed by atoms with Gasteiger partial charge < -0.3 is 58.6 Å². The highest BCUT2D eigenvalue weighted by Gasteiger charge is 2.56. The van der Waals surface area contributed by atoms with E-state index in [1.54, 1.807) is 32.8 Å². The highest BCUT2D eigenvalue weighted by atomic mass is 16.7. The van der Waals surface area contributed by atoms with Gasteiger partial charge >= 0.3 is 12.1 Å². The SMILES string of the molecule is CO[C@H]1C[C@@H](C)C/C(C)=C/[C@@H](CCCCO)C(=O)C[C@H](O)[C@@H](C)[C@@H](/C(C)=C/[C@@H]2CC[C@@H](OC(=O)N3CCC(CO)CC3)[C@H](OC)C2)OC(=O)[C@@H]2CCCCN2C(=O)C(=O)[C@]2(O)O[C@H]1[C@@H](OC)C[C@H]2C. The van der Waals surface area contributed by atoms with E-state index in [1.165, 1.54) is 19.1 Å². The van der Waals surface area contributed by atoms with Crippen LogP contribution in [0.1, 0.15) is 131 Å². The molecule has 14 atom stereocenters. The number of piperidine rings is 2. The molecule has 17 nitrogen and oxygen atoms in total. The summed E-state index contributed by atoms with van der Waals surface area (Å²) in [7, 11) is 4.61. The number of ether oxygens (including phenoxy) is 6. The minimum Gasteiger partial charge on any atom is -0.456 e. The van der Waals surface area contributed by atoms with E-state index in [9.17, 15) is 44.4 Å². The second kappa shape index (κ2) is 26.4. The normalized spacial score (nSPS) is 37.5. The number of esters is 1. The average Bonchev–Trinajstić information content (AvgIpc) is 3.34. The third-order valence-corrected chi connectivity index (χ3v) is 15.7. The molecule has 0 aromatic carbocycles. The maximum absolute atomic E-state index is 14.6. The average molecular weight is 977 g/mol. The van der Waals surface area contributed by atoms with Crippen molar-refractivity contribution in [2.45, 2.75) is 185 Å². The molecule has 1 aliphatic carbocycles. The van der Waals surface area contributed by atoms with E-state index in [2.05, 4.69) is 0 Å². The lowest BCUT2D eigenvalue weighted by atomic mass is 9.81. The maximum atomic E-state index is 14.6. The van der Waals surface area contributed by atoms with E-state index in [4.69, 9.17) is 28.4 Å². The van der Waals surface area contributed by atoms with Crippen LogP contribution in [0.5, 0.6) is 0 Å². The minimum absolute atomic E-state index is 0.0183.